The summed E-state index contributed by atoms with van der Waals surface area (Å²) < 4.78 is 52.5. The van der Waals surface area contributed by atoms with E-state index >= 15 is 0 Å². The summed E-state index contributed by atoms with van der Waals surface area (Å²) in [6, 6.07) is 15.1. The van der Waals surface area contributed by atoms with Gasteiger partial charge >= 0.3 is 6.18 Å². The maximum atomic E-state index is 13.3. The van der Waals surface area contributed by atoms with Crippen molar-refractivity contribution in [1.29, 1.82) is 0 Å². The zero-order chi connectivity index (χ0) is 18.7. The quantitative estimate of drug-likeness (QED) is 0.669. The second-order valence-electron chi connectivity index (χ2n) is 5.48. The summed E-state index contributed by atoms with van der Waals surface area (Å²) in [7, 11) is -2.09. The molecule has 1 unspecified atom stereocenters. The first-order valence-electron chi connectivity index (χ1n) is 7.59. The summed E-state index contributed by atoms with van der Waals surface area (Å²) >= 11 is 0. The maximum absolute atomic E-state index is 13.3. The average Bonchev–Trinajstić information content (AvgIpc) is 2.63. The Bertz CT molecular complexity index is 929. The lowest BCUT2D eigenvalue weighted by atomic mass is 10.2. The molecule has 0 aliphatic heterocycles. The smallest absolute Gasteiger partial charge is 0.324 e. The van der Waals surface area contributed by atoms with E-state index in [4.69, 9.17) is 0 Å². The van der Waals surface area contributed by atoms with E-state index in [9.17, 15) is 17.4 Å². The van der Waals surface area contributed by atoms with Crippen molar-refractivity contribution in [3.63, 3.8) is 0 Å². The molecule has 1 heterocycles. The summed E-state index contributed by atoms with van der Waals surface area (Å²) in [6.45, 7) is 1.92. The minimum atomic E-state index is -4.71. The Kier molecular flexibility index (Phi) is 5.03. The number of halogens is 3. The van der Waals surface area contributed by atoms with Gasteiger partial charge in [0.15, 0.2) is 0 Å². The summed E-state index contributed by atoms with van der Waals surface area (Å²) in [5, 5.41) is 2.26. The standard InChI is InChI=1S/C18H14F3N3OS/c1-12-7-9-13(10-8-12)23-17-22-11-15(18(19,20)21)16(24-17)26(25)14-5-3-2-4-6-14/h2-11H,1H3,(H,22,23,24). The van der Waals surface area contributed by atoms with Gasteiger partial charge in [-0.25, -0.2) is 14.2 Å². The number of alkyl halides is 3. The van der Waals surface area contributed by atoms with Crippen molar-refractivity contribution in [2.24, 2.45) is 0 Å². The molecule has 0 aliphatic carbocycles. The van der Waals surface area contributed by atoms with Crippen molar-refractivity contribution in [3.8, 4) is 0 Å². The first-order chi connectivity index (χ1) is 12.3. The number of nitrogens with zero attached hydrogens (tertiary/aromatic N) is 2. The van der Waals surface area contributed by atoms with Crippen LogP contribution in [0.25, 0.3) is 0 Å². The van der Waals surface area contributed by atoms with Crippen LogP contribution in [0.5, 0.6) is 0 Å². The average molecular weight is 377 g/mol. The van der Waals surface area contributed by atoms with E-state index in [0.717, 1.165) is 5.56 Å². The molecule has 3 aromatic rings. The summed E-state index contributed by atoms with van der Waals surface area (Å²) in [6.07, 6.45) is -4.05. The van der Waals surface area contributed by atoms with Gasteiger partial charge in [0, 0.05) is 16.8 Å². The van der Waals surface area contributed by atoms with Crippen LogP contribution in [0.2, 0.25) is 0 Å². The van der Waals surface area contributed by atoms with Gasteiger partial charge in [0.25, 0.3) is 0 Å². The largest absolute Gasteiger partial charge is 0.420 e. The van der Waals surface area contributed by atoms with Gasteiger partial charge in [0.05, 0.1) is 0 Å². The highest BCUT2D eigenvalue weighted by Crippen LogP contribution is 2.34. The van der Waals surface area contributed by atoms with Crippen molar-refractivity contribution < 1.29 is 17.4 Å². The number of benzene rings is 2. The molecule has 0 radical (unpaired) electrons. The molecule has 134 valence electrons. The highest BCUT2D eigenvalue weighted by Gasteiger charge is 2.37. The van der Waals surface area contributed by atoms with Crippen LogP contribution in [0.15, 0.2) is 70.7 Å². The van der Waals surface area contributed by atoms with Gasteiger partial charge in [-0.3, -0.25) is 0 Å². The number of aryl methyl sites for hydroxylation is 1. The second kappa shape index (κ2) is 7.25. The predicted octanol–water partition coefficient (Wildman–Crippen LogP) is 4.71. The maximum Gasteiger partial charge on any atom is 0.420 e. The van der Waals surface area contributed by atoms with Gasteiger partial charge in [0.1, 0.15) is 21.4 Å². The van der Waals surface area contributed by atoms with Crippen molar-refractivity contribution in [2.75, 3.05) is 5.32 Å². The zero-order valence-electron chi connectivity index (χ0n) is 13.6. The fourth-order valence-electron chi connectivity index (χ4n) is 2.18. The van der Waals surface area contributed by atoms with E-state index in [1.807, 2.05) is 19.1 Å². The molecule has 0 bridgehead atoms. The molecule has 1 atom stereocenters. The number of rotatable bonds is 4. The van der Waals surface area contributed by atoms with Crippen molar-refractivity contribution >= 4 is 22.4 Å². The van der Waals surface area contributed by atoms with E-state index in [-0.39, 0.29) is 10.8 Å². The van der Waals surface area contributed by atoms with Gasteiger partial charge in [-0.05, 0) is 31.2 Å². The molecule has 0 amide bonds. The minimum Gasteiger partial charge on any atom is -0.324 e. The number of aromatic nitrogens is 2. The molecule has 26 heavy (non-hydrogen) atoms. The number of hydrogen-bond donors (Lipinski definition) is 1. The predicted molar refractivity (Wildman–Crippen MR) is 92.6 cm³/mol. The SMILES string of the molecule is Cc1ccc(Nc2ncc(C(F)(F)F)c(S(=O)c3ccccc3)n2)cc1. The lowest BCUT2D eigenvalue weighted by molar-refractivity contribution is -0.140. The summed E-state index contributed by atoms with van der Waals surface area (Å²) in [4.78, 5) is 7.85. The fraction of sp³-hybridized carbons (Fsp3) is 0.111. The van der Waals surface area contributed by atoms with Crippen molar-refractivity contribution in [1.82, 2.24) is 9.97 Å². The first kappa shape index (κ1) is 18.1. The Morgan fingerprint density at radius 3 is 2.27 bits per heavy atom. The molecule has 0 aliphatic rings. The fourth-order valence-corrected chi connectivity index (χ4v) is 3.35. The number of nitrogens with one attached hydrogen (secondary N) is 1. The van der Waals surface area contributed by atoms with Gasteiger partial charge in [-0.1, -0.05) is 35.9 Å². The van der Waals surface area contributed by atoms with Gasteiger partial charge < -0.3 is 5.32 Å². The van der Waals surface area contributed by atoms with Gasteiger partial charge in [-0.2, -0.15) is 13.2 Å². The van der Waals surface area contributed by atoms with Gasteiger partial charge in [-0.15, -0.1) is 0 Å². The molecule has 0 saturated carbocycles. The van der Waals surface area contributed by atoms with E-state index < -0.39 is 27.6 Å². The highest BCUT2D eigenvalue weighted by atomic mass is 32.2. The van der Waals surface area contributed by atoms with Crippen LogP contribution in [0, 0.1) is 6.92 Å². The van der Waals surface area contributed by atoms with Crippen molar-refractivity contribution in [3.05, 3.63) is 71.9 Å². The number of anilines is 2. The Morgan fingerprint density at radius 2 is 1.65 bits per heavy atom. The van der Waals surface area contributed by atoms with Crippen LogP contribution in [0.4, 0.5) is 24.8 Å². The number of hydrogen-bond acceptors (Lipinski definition) is 4. The van der Waals surface area contributed by atoms with Crippen LogP contribution in [0.3, 0.4) is 0 Å². The second-order valence-corrected chi connectivity index (χ2v) is 6.88. The zero-order valence-corrected chi connectivity index (χ0v) is 14.4. The molecule has 0 spiro atoms. The van der Waals surface area contributed by atoms with E-state index in [0.29, 0.717) is 11.9 Å². The van der Waals surface area contributed by atoms with Gasteiger partial charge in [0.2, 0.25) is 5.95 Å². The van der Waals surface area contributed by atoms with Crippen LogP contribution in [-0.4, -0.2) is 14.2 Å². The molecule has 0 fully saturated rings. The molecular weight excluding hydrogens is 363 g/mol. The molecule has 3 rings (SSSR count). The third-order valence-electron chi connectivity index (χ3n) is 3.50. The molecule has 4 nitrogen and oxygen atoms in total. The molecule has 1 aromatic heterocycles. The molecule has 2 aromatic carbocycles. The molecule has 0 saturated heterocycles. The highest BCUT2D eigenvalue weighted by molar-refractivity contribution is 7.85. The van der Waals surface area contributed by atoms with Crippen LogP contribution >= 0.6 is 0 Å². The summed E-state index contributed by atoms with van der Waals surface area (Å²) in [5.41, 5.74) is 0.538. The van der Waals surface area contributed by atoms with Crippen LogP contribution in [0.1, 0.15) is 11.1 Å². The van der Waals surface area contributed by atoms with Crippen LogP contribution < -0.4 is 5.32 Å². The van der Waals surface area contributed by atoms with E-state index in [1.54, 1.807) is 30.3 Å². The summed E-state index contributed by atoms with van der Waals surface area (Å²) in [5.74, 6) is -0.0545. The Hall–Kier alpha value is -2.74. The normalized spacial score (nSPS) is 12.6. The van der Waals surface area contributed by atoms with E-state index in [1.165, 1.54) is 12.1 Å². The molecule has 1 N–H and O–H groups in total. The van der Waals surface area contributed by atoms with Crippen molar-refractivity contribution in [2.45, 2.75) is 23.0 Å². The lowest BCUT2D eigenvalue weighted by Gasteiger charge is -2.13. The molecular formula is C18H14F3N3OS. The minimum absolute atomic E-state index is 0.0545. The first-order valence-corrected chi connectivity index (χ1v) is 8.74. The Morgan fingerprint density at radius 1 is 1.00 bits per heavy atom. The monoisotopic (exact) mass is 377 g/mol. The third kappa shape index (κ3) is 4.08. The Labute approximate surface area is 150 Å². The van der Waals surface area contributed by atoms with Crippen LogP contribution in [-0.2, 0) is 17.0 Å². The Balaban J connectivity index is 2.02. The topological polar surface area (TPSA) is 54.9 Å². The van der Waals surface area contributed by atoms with E-state index in [2.05, 4.69) is 15.3 Å². The lowest BCUT2D eigenvalue weighted by Crippen LogP contribution is -2.14. The molecule has 8 heteroatoms. The third-order valence-corrected chi connectivity index (χ3v) is 4.86.